The Kier molecular flexibility index (Phi) is 9.14. The maximum Gasteiger partial charge on any atom is 0.164 e. The van der Waals surface area contributed by atoms with E-state index in [9.17, 15) is 0 Å². The van der Waals surface area contributed by atoms with Crippen LogP contribution < -0.4 is 4.74 Å². The summed E-state index contributed by atoms with van der Waals surface area (Å²) in [7, 11) is 0. The van der Waals surface area contributed by atoms with Crippen molar-refractivity contribution >= 4 is 60.3 Å². The zero-order chi connectivity index (χ0) is 46.3. The van der Waals surface area contributed by atoms with Gasteiger partial charge in [-0.25, -0.2) is 15.0 Å². The van der Waals surface area contributed by atoms with E-state index in [0.29, 0.717) is 17.5 Å². The van der Waals surface area contributed by atoms with Gasteiger partial charge < -0.3 is 13.9 Å². The van der Waals surface area contributed by atoms with Gasteiger partial charge in [-0.05, 0) is 70.8 Å². The molecule has 0 radical (unpaired) electrons. The van der Waals surface area contributed by atoms with E-state index < -0.39 is 0 Å². The van der Waals surface area contributed by atoms with E-state index in [1.807, 2.05) is 24.3 Å². The van der Waals surface area contributed by atoms with Gasteiger partial charge in [-0.2, -0.15) is 0 Å². The number of aromatic nitrogens is 5. The van der Waals surface area contributed by atoms with Gasteiger partial charge in [0.1, 0.15) is 11.9 Å². The number of rotatable bonds is 7. The molecule has 0 N–H and O–H groups in total. The number of para-hydroxylation sites is 3. The Hall–Kier alpha value is -9.13. The zero-order valence-corrected chi connectivity index (χ0v) is 38.2. The van der Waals surface area contributed by atoms with Gasteiger partial charge in [-0.15, -0.1) is 0 Å². The van der Waals surface area contributed by atoms with Crippen LogP contribution in [0.5, 0.6) is 5.75 Å². The third-order valence-corrected chi connectivity index (χ3v) is 14.3. The molecule has 1 aliphatic heterocycles. The number of ether oxygens (including phenoxy) is 1. The van der Waals surface area contributed by atoms with Crippen molar-refractivity contribution in [1.82, 2.24) is 24.1 Å². The Morgan fingerprint density at radius 1 is 0.400 bits per heavy atom. The van der Waals surface area contributed by atoms with Crippen LogP contribution >= 0.6 is 0 Å². The van der Waals surface area contributed by atoms with E-state index in [-0.39, 0.29) is 12.0 Å². The average molecular weight is 898 g/mol. The molecule has 0 saturated carbocycles. The highest BCUT2D eigenvalue weighted by Crippen LogP contribution is 2.51. The number of benzene rings is 9. The molecule has 2 aliphatic rings. The maximum atomic E-state index is 6.82. The summed E-state index contributed by atoms with van der Waals surface area (Å²) in [4.78, 5) is 16.0. The molecule has 0 bridgehead atoms. The molecular weight excluding hydrogens is 855 g/mol. The van der Waals surface area contributed by atoms with Gasteiger partial charge in [-0.1, -0.05) is 189 Å². The monoisotopic (exact) mass is 897 g/mol. The Labute approximate surface area is 404 Å². The van der Waals surface area contributed by atoms with Gasteiger partial charge in [0.2, 0.25) is 0 Å². The molecule has 3 aromatic heterocycles. The van der Waals surface area contributed by atoms with Crippen LogP contribution in [-0.2, 0) is 0 Å². The summed E-state index contributed by atoms with van der Waals surface area (Å²) in [5, 5.41) is 4.77. The molecule has 6 nitrogen and oxygen atoms in total. The first-order valence-corrected chi connectivity index (χ1v) is 24.0. The normalized spacial score (nSPS) is 15.4. The van der Waals surface area contributed by atoms with Crippen molar-refractivity contribution in [3.63, 3.8) is 0 Å². The molecule has 1 aliphatic carbocycles. The third kappa shape index (κ3) is 6.30. The summed E-state index contributed by atoms with van der Waals surface area (Å²) in [6, 6.07) is 79.6. The van der Waals surface area contributed by atoms with Gasteiger partial charge >= 0.3 is 0 Å². The number of hydrogen-bond donors (Lipinski definition) is 0. The predicted octanol–water partition coefficient (Wildman–Crippen LogP) is 15.5. The van der Waals surface area contributed by atoms with E-state index in [4.69, 9.17) is 19.7 Å². The zero-order valence-electron chi connectivity index (χ0n) is 38.2. The Balaban J connectivity index is 0.978. The number of hydrogen-bond acceptors (Lipinski definition) is 4. The molecular formula is C64H43N5O. The SMILES string of the molecule is CC1C(c2nc(-c3ccccc3)nc(-c3cccc(-n4c5ccccc5c5ccc6c7ccccc7n(-c7ccc(-c8ccccc8)cc7)c6c54)c3)n2)=CC(c2ccccc2)=C2c3ccccc3OC21. The summed E-state index contributed by atoms with van der Waals surface area (Å²) in [5.74, 6) is 2.70. The van der Waals surface area contributed by atoms with Gasteiger partial charge in [0, 0.05) is 66.7 Å². The van der Waals surface area contributed by atoms with Crippen molar-refractivity contribution in [3.8, 4) is 51.0 Å². The van der Waals surface area contributed by atoms with Crippen LogP contribution in [0.15, 0.2) is 231 Å². The summed E-state index contributed by atoms with van der Waals surface area (Å²) in [6.45, 7) is 2.23. The topological polar surface area (TPSA) is 57.8 Å². The molecule has 4 heterocycles. The Morgan fingerprint density at radius 3 is 1.59 bits per heavy atom. The summed E-state index contributed by atoms with van der Waals surface area (Å²) < 4.78 is 11.7. The third-order valence-electron chi connectivity index (χ3n) is 14.3. The van der Waals surface area contributed by atoms with Crippen LogP contribution in [0.25, 0.3) is 106 Å². The lowest BCUT2D eigenvalue weighted by Gasteiger charge is -2.29. The highest BCUT2D eigenvalue weighted by atomic mass is 16.5. The predicted molar refractivity (Wildman–Crippen MR) is 286 cm³/mol. The Morgan fingerprint density at radius 2 is 0.914 bits per heavy atom. The molecule has 12 aromatic rings. The van der Waals surface area contributed by atoms with E-state index in [1.54, 1.807) is 0 Å². The van der Waals surface area contributed by atoms with Crippen LogP contribution in [0, 0.1) is 5.92 Å². The maximum absolute atomic E-state index is 6.82. The number of fused-ring (bicyclic) bond motifs is 10. The fourth-order valence-electron chi connectivity index (χ4n) is 11.0. The molecule has 2 atom stereocenters. The highest BCUT2D eigenvalue weighted by molar-refractivity contribution is 6.24. The van der Waals surface area contributed by atoms with Gasteiger partial charge in [0.15, 0.2) is 17.5 Å². The van der Waals surface area contributed by atoms with Crippen molar-refractivity contribution < 1.29 is 4.74 Å². The van der Waals surface area contributed by atoms with Crippen LogP contribution in [0.2, 0.25) is 0 Å². The molecule has 2 unspecified atom stereocenters. The minimum absolute atomic E-state index is 0.0543. The van der Waals surface area contributed by atoms with Crippen molar-refractivity contribution in [2.24, 2.45) is 5.92 Å². The molecule has 14 rings (SSSR count). The molecule has 70 heavy (non-hydrogen) atoms. The first-order chi connectivity index (χ1) is 34.6. The van der Waals surface area contributed by atoms with Gasteiger partial charge in [0.05, 0.1) is 22.1 Å². The molecule has 0 spiro atoms. The fraction of sp³-hybridized carbons (Fsp3) is 0.0469. The molecule has 0 fully saturated rings. The second-order valence-corrected chi connectivity index (χ2v) is 18.3. The van der Waals surface area contributed by atoms with E-state index in [1.165, 1.54) is 38.2 Å². The molecule has 0 amide bonds. The van der Waals surface area contributed by atoms with Crippen molar-refractivity contribution in [2.45, 2.75) is 13.0 Å². The molecule has 330 valence electrons. The van der Waals surface area contributed by atoms with Gasteiger partial charge in [0.25, 0.3) is 0 Å². The molecule has 9 aromatic carbocycles. The molecule has 6 heteroatoms. The second kappa shape index (κ2) is 16.0. The lowest BCUT2D eigenvalue weighted by Crippen LogP contribution is -2.27. The Bertz CT molecular complexity index is 4090. The highest BCUT2D eigenvalue weighted by Gasteiger charge is 2.40. The van der Waals surface area contributed by atoms with Crippen molar-refractivity contribution in [1.29, 1.82) is 0 Å². The summed E-state index contributed by atoms with van der Waals surface area (Å²) in [6.07, 6.45) is 2.08. The van der Waals surface area contributed by atoms with E-state index in [2.05, 4.69) is 222 Å². The summed E-state index contributed by atoms with van der Waals surface area (Å²) >= 11 is 0. The first kappa shape index (κ1) is 40.0. The number of allylic oxidation sites excluding steroid dienone is 2. The standard InChI is InChI=1S/C64H43N5O/c1-40-53(39-54(43-20-7-3-8-21-43)58-52-28-13-16-31-57(52)70-61(40)58)64-66-62(44-22-9-4-10-23-44)65-63(67-64)45-24-17-25-47(38-45)69-56-30-15-12-27-49(56)51-37-36-50-48-26-11-14-29-55(48)68(59(50)60(51)69)46-34-32-42(33-35-46)41-18-5-2-6-19-41/h2-40,61H,1H3. The van der Waals surface area contributed by atoms with Crippen LogP contribution in [0.4, 0.5) is 0 Å². The average Bonchev–Trinajstić information content (AvgIpc) is 4.11. The minimum atomic E-state index is -0.208. The van der Waals surface area contributed by atoms with E-state index >= 15 is 0 Å². The second-order valence-electron chi connectivity index (χ2n) is 18.3. The quantitative estimate of drug-likeness (QED) is 0.160. The number of nitrogens with zero attached hydrogens (tertiary/aromatic N) is 5. The first-order valence-electron chi connectivity index (χ1n) is 24.0. The summed E-state index contributed by atoms with van der Waals surface area (Å²) in [5.41, 5.74) is 16.5. The van der Waals surface area contributed by atoms with Crippen LogP contribution in [-0.4, -0.2) is 30.2 Å². The molecule has 0 saturated heterocycles. The van der Waals surface area contributed by atoms with Crippen molar-refractivity contribution in [2.75, 3.05) is 0 Å². The minimum Gasteiger partial charge on any atom is -0.484 e. The lowest BCUT2D eigenvalue weighted by atomic mass is 9.78. The largest absolute Gasteiger partial charge is 0.484 e. The van der Waals surface area contributed by atoms with Crippen molar-refractivity contribution in [3.05, 3.63) is 247 Å². The fourth-order valence-corrected chi connectivity index (χ4v) is 11.0. The smallest absolute Gasteiger partial charge is 0.164 e. The van der Waals surface area contributed by atoms with Crippen LogP contribution in [0.3, 0.4) is 0 Å². The van der Waals surface area contributed by atoms with Crippen LogP contribution in [0.1, 0.15) is 23.9 Å². The van der Waals surface area contributed by atoms with E-state index in [0.717, 1.165) is 72.6 Å². The van der Waals surface area contributed by atoms with Gasteiger partial charge in [-0.3, -0.25) is 0 Å². The lowest BCUT2D eigenvalue weighted by molar-refractivity contribution is 0.240.